The first-order valence-corrected chi connectivity index (χ1v) is 39.1. The van der Waals surface area contributed by atoms with Crippen LogP contribution in [-0.2, 0) is 56.4 Å². The summed E-state index contributed by atoms with van der Waals surface area (Å²) in [5, 5.41) is 9.61. The lowest BCUT2D eigenvalue weighted by Gasteiger charge is -2.12. The number of aromatic nitrogens is 12. The van der Waals surface area contributed by atoms with E-state index >= 15 is 0 Å². The third-order valence-electron chi connectivity index (χ3n) is 23.3. The molecule has 558 valence electrons. The minimum Gasteiger partial charge on any atom is -0.455 e. The fraction of sp³-hybridized carbons (Fsp3) is 0.118. The Bertz CT molecular complexity index is 7300. The Balaban J connectivity index is 0.000000106. The second kappa shape index (κ2) is 29.7. The molecule has 21 rings (SSSR count). The second-order valence-corrected chi connectivity index (χ2v) is 30.1. The summed E-state index contributed by atoms with van der Waals surface area (Å²) in [7, 11) is 16.7. The largest absolute Gasteiger partial charge is 0.455 e. The van der Waals surface area contributed by atoms with Gasteiger partial charge < -0.3 is 22.7 Å². The van der Waals surface area contributed by atoms with Gasteiger partial charge in [0.1, 0.15) is 62.7 Å². The van der Waals surface area contributed by atoms with Gasteiger partial charge >= 0.3 is 0 Å². The number of furan rings is 1. The van der Waals surface area contributed by atoms with Crippen molar-refractivity contribution in [1.82, 2.24) is 38.2 Å². The number of nitrogens with zero attached hydrogens (tertiary/aromatic N) is 12. The third-order valence-corrected chi connectivity index (χ3v) is 23.3. The zero-order chi connectivity index (χ0) is 78.9. The molecule has 0 unspecified atom stereocenters. The Morgan fingerprint density at radius 2 is 0.687 bits per heavy atom. The summed E-state index contributed by atoms with van der Waals surface area (Å²) < 4.78 is 23.9. The molecule has 13 heteroatoms. The zero-order valence-electron chi connectivity index (χ0n) is 66.8. The van der Waals surface area contributed by atoms with Crippen molar-refractivity contribution in [3.8, 4) is 90.6 Å². The minimum absolute atomic E-state index is 0.902. The molecule has 0 saturated carbocycles. The maximum atomic E-state index is 6.41. The molecule has 0 radical (unpaired) electrons. The predicted molar refractivity (Wildman–Crippen MR) is 470 cm³/mol. The molecule has 0 saturated heterocycles. The Kier molecular flexibility index (Phi) is 18.7. The topological polar surface area (TPSA) is 99.9 Å². The van der Waals surface area contributed by atoms with Crippen LogP contribution < -0.4 is 18.3 Å². The van der Waals surface area contributed by atoms with Crippen LogP contribution in [0.2, 0.25) is 0 Å². The smallest absolute Gasteiger partial charge is 0.216 e. The van der Waals surface area contributed by atoms with Crippen LogP contribution in [0.3, 0.4) is 0 Å². The molecule has 9 aromatic heterocycles. The molecule has 13 nitrogen and oxygen atoms in total. The van der Waals surface area contributed by atoms with Crippen molar-refractivity contribution in [3.63, 3.8) is 0 Å². The number of aryl methyl sites for hydroxylation is 8. The first-order valence-electron chi connectivity index (χ1n) is 39.1. The van der Waals surface area contributed by atoms with E-state index in [1.54, 1.807) is 0 Å². The number of pyridine rings is 4. The van der Waals surface area contributed by atoms with Crippen molar-refractivity contribution in [2.24, 2.45) is 56.4 Å². The van der Waals surface area contributed by atoms with Gasteiger partial charge in [-0.25, -0.2) is 38.2 Å². The van der Waals surface area contributed by atoms with Gasteiger partial charge in [0.15, 0.2) is 24.8 Å². The molecule has 0 amide bonds. The van der Waals surface area contributed by atoms with Crippen LogP contribution in [0.25, 0.3) is 189 Å². The summed E-state index contributed by atoms with van der Waals surface area (Å²) >= 11 is 0. The number of hydrogen-bond acceptors (Lipinski definition) is 5. The first kappa shape index (κ1) is 72.3. The summed E-state index contributed by atoms with van der Waals surface area (Å²) in [5.74, 6) is 3.97. The Hall–Kier alpha value is -14.3. The molecule has 0 N–H and O–H groups in total. The maximum Gasteiger partial charge on any atom is 0.216 e. The van der Waals surface area contributed by atoms with Gasteiger partial charge in [-0.15, -0.1) is 0 Å². The summed E-state index contributed by atoms with van der Waals surface area (Å²) in [6, 6.07) is 102. The number of fused-ring (bicyclic) bond motifs is 12. The molecule has 9 heterocycles. The van der Waals surface area contributed by atoms with Crippen LogP contribution in [-0.4, -0.2) is 38.2 Å². The van der Waals surface area contributed by atoms with E-state index in [9.17, 15) is 0 Å². The lowest BCUT2D eigenvalue weighted by Crippen LogP contribution is -2.30. The SMILES string of the molecule is Cc1c(-c2nc3c4ccccc4ccc3n2C)cccc1-c1cccc[n+]1C.Cc1c(-c2nc3cc4ccccc4cc3n2C)cccc1-c1cccc[n+]1C.Cc1c(-c2nc3ccc4ccccc4c3n2C)cccc1-c1cccc[n+]1C.Cc1c(-c2nc3ccccc3n2C)cc2c(oc3ccccc32)c1-c1cccc[n+]1C. The van der Waals surface area contributed by atoms with Gasteiger partial charge in [0, 0.05) is 137 Å². The summed E-state index contributed by atoms with van der Waals surface area (Å²) in [4.78, 5) is 20.1. The molecule has 0 atom stereocenters. The monoisotopic (exact) mass is 1500 g/mol. The van der Waals surface area contributed by atoms with Crippen molar-refractivity contribution in [1.29, 1.82) is 0 Å². The quantitative estimate of drug-likeness (QED) is 0.141. The summed E-state index contributed by atoms with van der Waals surface area (Å²) in [5.41, 5.74) is 29.6. The average Bonchev–Trinajstić information content (AvgIpc) is 1.60. The van der Waals surface area contributed by atoms with Crippen LogP contribution in [0.4, 0.5) is 0 Å². The highest BCUT2D eigenvalue weighted by molar-refractivity contribution is 6.12. The van der Waals surface area contributed by atoms with E-state index < -0.39 is 0 Å². The lowest BCUT2D eigenvalue weighted by atomic mass is 9.95. The average molecular weight is 1500 g/mol. The molecule has 0 aliphatic rings. The molecule has 115 heavy (non-hydrogen) atoms. The van der Waals surface area contributed by atoms with Gasteiger partial charge in [0.05, 0.1) is 49.7 Å². The molecular weight excluding hydrogens is 1410 g/mol. The first-order chi connectivity index (χ1) is 56.1. The van der Waals surface area contributed by atoms with E-state index in [4.69, 9.17) is 24.4 Å². The van der Waals surface area contributed by atoms with Crippen LogP contribution in [0, 0.1) is 27.7 Å². The summed E-state index contributed by atoms with van der Waals surface area (Å²) in [6.07, 6.45) is 8.33. The maximum absolute atomic E-state index is 6.41. The standard InChI is InChI=1S/C27H22N3O.3C25H22N3/c1-17-19(27-28-21-11-5-6-12-22(21)30(27)3)16-20-18-10-4-7-14-24(18)31-26(20)25(17)23-13-8-9-15-29(23)2;1-17-19(23-13-6-7-16-27(23)2)11-8-12-20(17)25-26-22-15-14-18-9-4-5-10-21(18)24(22)28(25)3;1-17-19(22-13-6-7-16-27(22)2)11-8-12-20(17)25-26-24-21-10-5-4-9-18(21)14-15-23(24)28(25)3;1-17-20(23-13-6-7-14-27(23)2)11-8-12-21(17)25-26-22-15-18-9-4-5-10-19(18)16-24(22)28(25)3/h4-16H,1-3H3;3*4-16H,1-3H3/q4*+1. The summed E-state index contributed by atoms with van der Waals surface area (Å²) in [6.45, 7) is 8.74. The number of para-hydroxylation sites is 3. The van der Waals surface area contributed by atoms with Crippen LogP contribution in [0.5, 0.6) is 0 Å². The number of hydrogen-bond donors (Lipinski definition) is 0. The number of imidazole rings is 4. The van der Waals surface area contributed by atoms with Gasteiger partial charge in [-0.05, 0) is 162 Å². The van der Waals surface area contributed by atoms with Crippen molar-refractivity contribution >= 4 is 98.4 Å². The lowest BCUT2D eigenvalue weighted by molar-refractivity contribution is -0.660. The number of rotatable bonds is 8. The second-order valence-electron chi connectivity index (χ2n) is 30.1. The molecule has 0 aliphatic heterocycles. The van der Waals surface area contributed by atoms with E-state index in [2.05, 4.69) is 412 Å². The van der Waals surface area contributed by atoms with Crippen molar-refractivity contribution < 1.29 is 22.7 Å². The number of benzene rings is 12. The van der Waals surface area contributed by atoms with Gasteiger partial charge in [-0.1, -0.05) is 152 Å². The normalized spacial score (nSPS) is 11.5. The van der Waals surface area contributed by atoms with Crippen LogP contribution in [0.1, 0.15) is 22.3 Å². The third kappa shape index (κ3) is 12.8. The Labute approximate surface area is 668 Å². The van der Waals surface area contributed by atoms with E-state index in [1.165, 1.54) is 105 Å². The molecule has 12 aromatic carbocycles. The highest BCUT2D eigenvalue weighted by atomic mass is 16.3. The van der Waals surface area contributed by atoms with E-state index in [0.29, 0.717) is 0 Å². The van der Waals surface area contributed by atoms with Gasteiger partial charge in [0.2, 0.25) is 22.8 Å². The van der Waals surface area contributed by atoms with Gasteiger partial charge in [0.25, 0.3) is 0 Å². The molecule has 0 aliphatic carbocycles. The molecular formula is C102H88N12O+4. The highest BCUT2D eigenvalue weighted by Crippen LogP contribution is 2.43. The van der Waals surface area contributed by atoms with Crippen molar-refractivity contribution in [3.05, 3.63) is 338 Å². The zero-order valence-corrected chi connectivity index (χ0v) is 66.8. The highest BCUT2D eigenvalue weighted by Gasteiger charge is 2.27. The van der Waals surface area contributed by atoms with Crippen LogP contribution >= 0.6 is 0 Å². The van der Waals surface area contributed by atoms with Crippen molar-refractivity contribution in [2.75, 3.05) is 0 Å². The molecule has 0 spiro atoms. The Morgan fingerprint density at radius 3 is 1.26 bits per heavy atom. The predicted octanol–water partition coefficient (Wildman–Crippen LogP) is 21.5. The van der Waals surface area contributed by atoms with E-state index in [1.807, 2.05) is 24.3 Å². The Morgan fingerprint density at radius 1 is 0.270 bits per heavy atom. The minimum atomic E-state index is 0.902. The molecule has 0 fully saturated rings. The van der Waals surface area contributed by atoms with Gasteiger partial charge in [-0.3, -0.25) is 0 Å². The van der Waals surface area contributed by atoms with Gasteiger partial charge in [-0.2, -0.15) is 0 Å². The molecule has 21 aromatic rings. The fourth-order valence-corrected chi connectivity index (χ4v) is 17.0. The van der Waals surface area contributed by atoms with Crippen LogP contribution in [0.15, 0.2) is 320 Å². The van der Waals surface area contributed by atoms with E-state index in [0.717, 1.165) is 106 Å². The fourth-order valence-electron chi connectivity index (χ4n) is 17.0. The van der Waals surface area contributed by atoms with Crippen molar-refractivity contribution in [2.45, 2.75) is 27.7 Å². The molecule has 0 bridgehead atoms. The van der Waals surface area contributed by atoms with E-state index in [-0.39, 0.29) is 0 Å².